The molecule has 0 aromatic carbocycles. The molecule has 0 saturated carbocycles. The average molecular weight is 400 g/mol. The van der Waals surface area contributed by atoms with E-state index in [1.807, 2.05) is 6.07 Å². The van der Waals surface area contributed by atoms with E-state index in [9.17, 15) is 14.2 Å². The van der Waals surface area contributed by atoms with E-state index in [1.165, 1.54) is 7.11 Å². The van der Waals surface area contributed by atoms with Gasteiger partial charge in [-0.25, -0.2) is 4.57 Å². The number of pyridine rings is 1. The minimum atomic E-state index is -3.87. The van der Waals surface area contributed by atoms with Crippen LogP contribution in [0.5, 0.6) is 0 Å². The van der Waals surface area contributed by atoms with Crippen molar-refractivity contribution in [2.45, 2.75) is 32.8 Å². The van der Waals surface area contributed by atoms with Gasteiger partial charge < -0.3 is 10.1 Å². The van der Waals surface area contributed by atoms with Crippen LogP contribution in [0.25, 0.3) is 0 Å². The van der Waals surface area contributed by atoms with Crippen LogP contribution < -0.4 is 5.32 Å². The fourth-order valence-electron chi connectivity index (χ4n) is 2.40. The number of methoxy groups -OCH3 is 1. The average Bonchev–Trinajstić information content (AvgIpc) is 2.64. The largest absolute Gasteiger partial charge is 0.475 e. The number of amides is 1. The van der Waals surface area contributed by atoms with Gasteiger partial charge in [-0.15, -0.1) is 0 Å². The molecule has 150 valence electrons. The summed E-state index contributed by atoms with van der Waals surface area (Å²) in [7, 11) is -2.60. The van der Waals surface area contributed by atoms with Crippen LogP contribution in [-0.2, 0) is 38.9 Å². The van der Waals surface area contributed by atoms with Crippen LogP contribution in [0.15, 0.2) is 24.5 Å². The van der Waals surface area contributed by atoms with E-state index in [1.54, 1.807) is 32.3 Å². The first-order chi connectivity index (χ1) is 12.8. The second-order valence-electron chi connectivity index (χ2n) is 6.76. The van der Waals surface area contributed by atoms with Crippen molar-refractivity contribution in [2.75, 3.05) is 26.9 Å². The molecule has 1 saturated heterocycles. The molecule has 0 bridgehead atoms. The van der Waals surface area contributed by atoms with Gasteiger partial charge >= 0.3 is 13.8 Å². The van der Waals surface area contributed by atoms with Gasteiger partial charge in [0.1, 0.15) is 0 Å². The van der Waals surface area contributed by atoms with Crippen molar-refractivity contribution >= 4 is 19.7 Å². The van der Waals surface area contributed by atoms with E-state index >= 15 is 0 Å². The number of rotatable bonds is 8. The Morgan fingerprint density at radius 2 is 2.22 bits per heavy atom. The highest BCUT2D eigenvalue weighted by molar-refractivity contribution is 7.48. The Kier molecular flexibility index (Phi) is 7.49. The molecule has 2 heterocycles. The van der Waals surface area contributed by atoms with Crippen LogP contribution >= 0.6 is 7.82 Å². The summed E-state index contributed by atoms with van der Waals surface area (Å²) in [6.07, 6.45) is 2.82. The Bertz CT molecular complexity index is 696. The van der Waals surface area contributed by atoms with Crippen molar-refractivity contribution in [3.05, 3.63) is 30.1 Å². The molecule has 1 amide bonds. The molecule has 27 heavy (non-hydrogen) atoms. The molecule has 2 rings (SSSR count). The number of nitrogens with one attached hydrogen (secondary N) is 1. The molecule has 10 heteroatoms. The third kappa shape index (κ3) is 6.39. The number of nitrogens with zero attached hydrogens (tertiary/aromatic N) is 1. The summed E-state index contributed by atoms with van der Waals surface area (Å²) in [6, 6.07) is 3.66. The second-order valence-corrected chi connectivity index (χ2v) is 8.38. The lowest BCUT2D eigenvalue weighted by Gasteiger charge is -2.39. The molecular weight excluding hydrogens is 375 g/mol. The first-order valence-corrected chi connectivity index (χ1v) is 10.0. The summed E-state index contributed by atoms with van der Waals surface area (Å²) in [5, 5.41) is 2.59. The number of aromatic nitrogens is 1. The van der Waals surface area contributed by atoms with Gasteiger partial charge in [-0.1, -0.05) is 19.9 Å². The number of hydrogen-bond donors (Lipinski definition) is 1. The zero-order valence-electron chi connectivity index (χ0n) is 15.7. The lowest BCUT2D eigenvalue weighted by molar-refractivity contribution is -0.143. The fraction of sp³-hybridized carbons (Fsp3) is 0.588. The molecule has 0 unspecified atom stereocenters. The molecule has 1 fully saturated rings. The molecule has 1 N–H and O–H groups in total. The molecule has 1 aromatic rings. The number of hydrogen-bond acceptors (Lipinski definition) is 8. The van der Waals surface area contributed by atoms with Crippen molar-refractivity contribution in [1.82, 2.24) is 10.3 Å². The maximum atomic E-state index is 12.7. The molecule has 1 aliphatic heterocycles. The van der Waals surface area contributed by atoms with E-state index in [4.69, 9.17) is 13.6 Å². The second kappa shape index (κ2) is 9.41. The highest BCUT2D eigenvalue weighted by atomic mass is 31.2. The van der Waals surface area contributed by atoms with Gasteiger partial charge in [0.15, 0.2) is 6.10 Å². The Balaban J connectivity index is 1.91. The zero-order valence-corrected chi connectivity index (χ0v) is 16.6. The summed E-state index contributed by atoms with van der Waals surface area (Å²) in [6.45, 7) is 3.74. The van der Waals surface area contributed by atoms with E-state index in [0.29, 0.717) is 6.42 Å². The lowest BCUT2D eigenvalue weighted by Crippen LogP contribution is -2.50. The van der Waals surface area contributed by atoms with Crippen LogP contribution in [0.3, 0.4) is 0 Å². The Morgan fingerprint density at radius 1 is 1.44 bits per heavy atom. The van der Waals surface area contributed by atoms with Gasteiger partial charge in [-0.2, -0.15) is 0 Å². The van der Waals surface area contributed by atoms with Gasteiger partial charge in [-0.3, -0.25) is 28.1 Å². The molecule has 1 aliphatic rings. The van der Waals surface area contributed by atoms with Gasteiger partial charge in [0.05, 0.1) is 26.7 Å². The topological polar surface area (TPSA) is 113 Å². The number of carbonyl (C=O) groups is 2. The van der Waals surface area contributed by atoms with Crippen LogP contribution in [0.4, 0.5) is 0 Å². The monoisotopic (exact) mass is 400 g/mol. The number of phosphoric ester groups is 1. The molecule has 2 atom stereocenters. The predicted octanol–water partition coefficient (Wildman–Crippen LogP) is 1.87. The fourth-order valence-corrected chi connectivity index (χ4v) is 4.04. The third-order valence-corrected chi connectivity index (χ3v) is 5.41. The van der Waals surface area contributed by atoms with Crippen molar-refractivity contribution in [2.24, 2.45) is 5.41 Å². The third-order valence-electron chi connectivity index (χ3n) is 4.00. The molecule has 9 nitrogen and oxygen atoms in total. The lowest BCUT2D eigenvalue weighted by atomic mass is 9.87. The van der Waals surface area contributed by atoms with Gasteiger partial charge in [0.2, 0.25) is 5.91 Å². The maximum Gasteiger partial charge on any atom is 0.475 e. The van der Waals surface area contributed by atoms with E-state index in [-0.39, 0.29) is 26.2 Å². The molecule has 0 aliphatic carbocycles. The maximum absolute atomic E-state index is 12.7. The number of carbonyl (C=O) groups excluding carboxylic acids is 2. The number of esters is 1. The van der Waals surface area contributed by atoms with Gasteiger partial charge in [-0.05, 0) is 18.1 Å². The normalized spacial score (nSPS) is 24.2. The highest BCUT2D eigenvalue weighted by Gasteiger charge is 2.48. The minimum Gasteiger partial charge on any atom is -0.469 e. The zero-order chi connectivity index (χ0) is 19.9. The van der Waals surface area contributed by atoms with Gasteiger partial charge in [0, 0.05) is 24.4 Å². The number of ether oxygens (including phenoxy) is 1. The quantitative estimate of drug-likeness (QED) is 0.520. The SMILES string of the molecule is COC(=O)CCNC(=O)[C@@H]1O[P@@](=O)(OCCc2cccnc2)OCC1(C)C. The minimum absolute atomic E-state index is 0.0329. The molecule has 0 spiro atoms. The highest BCUT2D eigenvalue weighted by Crippen LogP contribution is 2.57. The van der Waals surface area contributed by atoms with Crippen molar-refractivity contribution in [1.29, 1.82) is 0 Å². The Morgan fingerprint density at radius 3 is 2.89 bits per heavy atom. The van der Waals surface area contributed by atoms with Crippen LogP contribution in [0.2, 0.25) is 0 Å². The summed E-state index contributed by atoms with van der Waals surface area (Å²) in [5.41, 5.74) is 0.203. The summed E-state index contributed by atoms with van der Waals surface area (Å²) >= 11 is 0. The molecular formula is C17H25N2O7P. The molecule has 0 radical (unpaired) electrons. The summed E-state index contributed by atoms with van der Waals surface area (Å²) < 4.78 is 33.3. The standard InChI is InChI=1S/C17H25N2O7P/c1-17(2)12-25-27(22,24-10-7-13-5-4-8-18-11-13)26-15(17)16(21)19-9-6-14(20)23-3/h4-5,8,11,15H,6-7,9-10,12H2,1-3H3,(H,19,21)/t15-,27-/m0/s1. The van der Waals surface area contributed by atoms with Crippen LogP contribution in [0.1, 0.15) is 25.8 Å². The van der Waals surface area contributed by atoms with Crippen LogP contribution in [-0.4, -0.2) is 49.8 Å². The molecule has 1 aromatic heterocycles. The smallest absolute Gasteiger partial charge is 0.469 e. The Hall–Kier alpha value is -1.80. The van der Waals surface area contributed by atoms with E-state index in [2.05, 4.69) is 15.0 Å². The van der Waals surface area contributed by atoms with Crippen molar-refractivity contribution < 1.29 is 32.5 Å². The first-order valence-electron chi connectivity index (χ1n) is 8.57. The number of phosphoric acid groups is 1. The predicted molar refractivity (Wildman–Crippen MR) is 95.7 cm³/mol. The van der Waals surface area contributed by atoms with Crippen molar-refractivity contribution in [3.63, 3.8) is 0 Å². The first kappa shape index (κ1) is 21.5. The van der Waals surface area contributed by atoms with Crippen LogP contribution in [0, 0.1) is 5.41 Å². The Labute approximate surface area is 158 Å². The van der Waals surface area contributed by atoms with Crippen molar-refractivity contribution in [3.8, 4) is 0 Å². The summed E-state index contributed by atoms with van der Waals surface area (Å²) in [4.78, 5) is 27.6. The van der Waals surface area contributed by atoms with E-state index in [0.717, 1.165) is 5.56 Å². The summed E-state index contributed by atoms with van der Waals surface area (Å²) in [5.74, 6) is -0.921. The van der Waals surface area contributed by atoms with Gasteiger partial charge in [0.25, 0.3) is 0 Å². The van der Waals surface area contributed by atoms with E-state index < -0.39 is 31.2 Å².